The van der Waals surface area contributed by atoms with Gasteiger partial charge in [0.25, 0.3) is 0 Å². The first-order chi connectivity index (χ1) is 9.16. The predicted octanol–water partition coefficient (Wildman–Crippen LogP) is 2.36. The molecule has 1 aromatic rings. The molecule has 4 heteroatoms. The highest BCUT2D eigenvalue weighted by Gasteiger charge is 2.14. The van der Waals surface area contributed by atoms with Crippen LogP contribution in [0.3, 0.4) is 0 Å². The molecule has 104 valence electrons. The van der Waals surface area contributed by atoms with Gasteiger partial charge in [-0.25, -0.2) is 0 Å². The summed E-state index contributed by atoms with van der Waals surface area (Å²) >= 11 is 0. The second-order valence-corrected chi connectivity index (χ2v) is 5.26. The van der Waals surface area contributed by atoms with E-state index in [0.717, 1.165) is 25.0 Å². The van der Waals surface area contributed by atoms with Crippen molar-refractivity contribution >= 4 is 5.91 Å². The summed E-state index contributed by atoms with van der Waals surface area (Å²) in [6, 6.07) is 2.14. The van der Waals surface area contributed by atoms with Crippen LogP contribution >= 0.6 is 0 Å². The van der Waals surface area contributed by atoms with E-state index in [-0.39, 0.29) is 11.9 Å². The van der Waals surface area contributed by atoms with Gasteiger partial charge >= 0.3 is 0 Å². The van der Waals surface area contributed by atoms with Gasteiger partial charge in [0.05, 0.1) is 0 Å². The summed E-state index contributed by atoms with van der Waals surface area (Å²) in [6.45, 7) is 2.08. The van der Waals surface area contributed by atoms with Gasteiger partial charge in [-0.05, 0) is 45.1 Å². The van der Waals surface area contributed by atoms with Gasteiger partial charge in [0.1, 0.15) is 0 Å². The summed E-state index contributed by atoms with van der Waals surface area (Å²) in [4.78, 5) is 11.9. The van der Waals surface area contributed by atoms with E-state index in [4.69, 9.17) is 0 Å². The van der Waals surface area contributed by atoms with Crippen molar-refractivity contribution in [2.45, 2.75) is 51.5 Å². The smallest absolute Gasteiger partial charge is 0.220 e. The Hall–Kier alpha value is -1.58. The van der Waals surface area contributed by atoms with Crippen LogP contribution in [0.1, 0.15) is 44.7 Å². The molecule has 1 atom stereocenters. The predicted molar refractivity (Wildman–Crippen MR) is 75.7 cm³/mol. The van der Waals surface area contributed by atoms with Crippen molar-refractivity contribution in [2.75, 3.05) is 0 Å². The van der Waals surface area contributed by atoms with E-state index in [1.54, 1.807) is 6.20 Å². The van der Waals surface area contributed by atoms with Crippen LogP contribution in [0.5, 0.6) is 0 Å². The van der Waals surface area contributed by atoms with Crippen molar-refractivity contribution in [3.05, 3.63) is 29.6 Å². The van der Waals surface area contributed by atoms with Crippen LogP contribution in [0.2, 0.25) is 0 Å². The second-order valence-electron chi connectivity index (χ2n) is 5.26. The fourth-order valence-corrected chi connectivity index (χ4v) is 2.55. The van der Waals surface area contributed by atoms with Gasteiger partial charge in [0.2, 0.25) is 5.91 Å². The SMILES string of the molecule is CC(NC(=O)CCc1ccnn1C)C1=CCCCC1. The number of hydrogen-bond acceptors (Lipinski definition) is 2. The Bertz CT molecular complexity index is 462. The van der Waals surface area contributed by atoms with Crippen molar-refractivity contribution in [3.8, 4) is 0 Å². The molecular formula is C15H23N3O. The largest absolute Gasteiger partial charge is 0.350 e. The lowest BCUT2D eigenvalue weighted by molar-refractivity contribution is -0.121. The topological polar surface area (TPSA) is 46.9 Å². The fourth-order valence-electron chi connectivity index (χ4n) is 2.55. The number of allylic oxidation sites excluding steroid dienone is 1. The van der Waals surface area contributed by atoms with Gasteiger partial charge in [-0.2, -0.15) is 5.10 Å². The first-order valence-corrected chi connectivity index (χ1v) is 7.12. The van der Waals surface area contributed by atoms with E-state index in [2.05, 4.69) is 23.4 Å². The molecule has 19 heavy (non-hydrogen) atoms. The molecule has 0 aromatic carbocycles. The molecule has 0 saturated carbocycles. The zero-order valence-electron chi connectivity index (χ0n) is 11.9. The molecule has 1 N–H and O–H groups in total. The van der Waals surface area contributed by atoms with Crippen molar-refractivity contribution < 1.29 is 4.79 Å². The van der Waals surface area contributed by atoms with E-state index in [0.29, 0.717) is 6.42 Å². The van der Waals surface area contributed by atoms with Gasteiger partial charge in [-0.1, -0.05) is 11.6 Å². The first kappa shape index (κ1) is 13.8. The quantitative estimate of drug-likeness (QED) is 0.827. The molecule has 0 aliphatic heterocycles. The zero-order valence-corrected chi connectivity index (χ0v) is 11.9. The minimum Gasteiger partial charge on any atom is -0.350 e. The normalized spacial score (nSPS) is 16.8. The van der Waals surface area contributed by atoms with E-state index in [1.807, 2.05) is 17.8 Å². The third-order valence-electron chi connectivity index (χ3n) is 3.79. The Balaban J connectivity index is 1.78. The zero-order chi connectivity index (χ0) is 13.7. The molecule has 0 spiro atoms. The molecule has 1 unspecified atom stereocenters. The number of aryl methyl sites for hydroxylation is 2. The summed E-state index contributed by atoms with van der Waals surface area (Å²) < 4.78 is 1.82. The van der Waals surface area contributed by atoms with Crippen LogP contribution in [0, 0.1) is 0 Å². The highest BCUT2D eigenvalue weighted by atomic mass is 16.1. The van der Waals surface area contributed by atoms with E-state index < -0.39 is 0 Å². The van der Waals surface area contributed by atoms with Crippen LogP contribution in [0.4, 0.5) is 0 Å². The van der Waals surface area contributed by atoms with Crippen LogP contribution < -0.4 is 5.32 Å². The number of carbonyl (C=O) groups excluding carboxylic acids is 1. The Morgan fingerprint density at radius 1 is 1.53 bits per heavy atom. The molecule has 1 aromatic heterocycles. The van der Waals surface area contributed by atoms with Gasteiger partial charge in [-0.3, -0.25) is 9.48 Å². The summed E-state index contributed by atoms with van der Waals surface area (Å²) in [6.07, 6.45) is 10.1. The van der Waals surface area contributed by atoms with Gasteiger partial charge in [0, 0.05) is 31.4 Å². The average molecular weight is 261 g/mol. The molecule has 0 bridgehead atoms. The number of rotatable bonds is 5. The number of amides is 1. The standard InChI is InChI=1S/C15H23N3O/c1-12(13-6-4-3-5-7-13)17-15(19)9-8-14-10-11-16-18(14)2/h6,10-12H,3-5,7-9H2,1-2H3,(H,17,19). The van der Waals surface area contributed by atoms with Crippen LogP contribution in [-0.4, -0.2) is 21.7 Å². The fraction of sp³-hybridized carbons (Fsp3) is 0.600. The molecule has 0 saturated heterocycles. The lowest BCUT2D eigenvalue weighted by Gasteiger charge is -2.20. The van der Waals surface area contributed by atoms with Crippen molar-refractivity contribution in [1.29, 1.82) is 0 Å². The summed E-state index contributed by atoms with van der Waals surface area (Å²) in [5, 5.41) is 7.20. The minimum absolute atomic E-state index is 0.125. The van der Waals surface area contributed by atoms with Crippen LogP contribution in [0.25, 0.3) is 0 Å². The highest BCUT2D eigenvalue weighted by molar-refractivity contribution is 5.76. The summed E-state index contributed by atoms with van der Waals surface area (Å²) in [7, 11) is 1.91. The molecule has 4 nitrogen and oxygen atoms in total. The maximum absolute atomic E-state index is 11.9. The number of hydrogen-bond donors (Lipinski definition) is 1. The Kier molecular flexibility index (Phi) is 4.77. The molecule has 2 rings (SSSR count). The maximum atomic E-state index is 11.9. The third-order valence-corrected chi connectivity index (χ3v) is 3.79. The van der Waals surface area contributed by atoms with Gasteiger partial charge in [0.15, 0.2) is 0 Å². The number of nitrogens with zero attached hydrogens (tertiary/aromatic N) is 2. The molecule has 1 heterocycles. The third kappa shape index (κ3) is 3.94. The van der Waals surface area contributed by atoms with Gasteiger partial charge in [-0.15, -0.1) is 0 Å². The van der Waals surface area contributed by atoms with Crippen molar-refractivity contribution in [2.24, 2.45) is 7.05 Å². The summed E-state index contributed by atoms with van der Waals surface area (Å²) in [5.41, 5.74) is 2.49. The molecule has 1 aliphatic carbocycles. The molecule has 1 amide bonds. The van der Waals surface area contributed by atoms with Gasteiger partial charge < -0.3 is 5.32 Å². The van der Waals surface area contributed by atoms with E-state index in [1.165, 1.54) is 18.4 Å². The summed E-state index contributed by atoms with van der Waals surface area (Å²) in [5.74, 6) is 0.125. The Morgan fingerprint density at radius 3 is 3.00 bits per heavy atom. The maximum Gasteiger partial charge on any atom is 0.220 e. The average Bonchev–Trinajstić information content (AvgIpc) is 2.83. The second kappa shape index (κ2) is 6.55. The molecule has 1 aliphatic rings. The molecular weight excluding hydrogens is 238 g/mol. The van der Waals surface area contributed by atoms with Crippen molar-refractivity contribution in [3.63, 3.8) is 0 Å². The Labute approximate surface area is 114 Å². The van der Waals surface area contributed by atoms with Crippen LogP contribution in [-0.2, 0) is 18.3 Å². The monoisotopic (exact) mass is 261 g/mol. The molecule has 0 fully saturated rings. The minimum atomic E-state index is 0.125. The number of aromatic nitrogens is 2. The van der Waals surface area contributed by atoms with Crippen molar-refractivity contribution in [1.82, 2.24) is 15.1 Å². The van der Waals surface area contributed by atoms with E-state index >= 15 is 0 Å². The first-order valence-electron chi connectivity index (χ1n) is 7.12. The highest BCUT2D eigenvalue weighted by Crippen LogP contribution is 2.20. The van der Waals surface area contributed by atoms with Crippen LogP contribution in [0.15, 0.2) is 23.9 Å². The number of nitrogens with one attached hydrogen (secondary N) is 1. The lowest BCUT2D eigenvalue weighted by atomic mass is 9.94. The van der Waals surface area contributed by atoms with E-state index in [9.17, 15) is 4.79 Å². The number of carbonyl (C=O) groups is 1. The molecule has 0 radical (unpaired) electrons. The lowest BCUT2D eigenvalue weighted by Crippen LogP contribution is -2.34. The Morgan fingerprint density at radius 2 is 2.37 bits per heavy atom.